The van der Waals surface area contributed by atoms with Crippen LogP contribution >= 0.6 is 0 Å². The number of carbonyl (C=O) groups is 2. The molecule has 0 radical (unpaired) electrons. The molecule has 3 heteroatoms. The summed E-state index contributed by atoms with van der Waals surface area (Å²) in [4.78, 5) is 27.1. The van der Waals surface area contributed by atoms with Gasteiger partial charge >= 0.3 is 11.9 Å². The van der Waals surface area contributed by atoms with E-state index < -0.39 is 11.8 Å². The molecule has 0 heterocycles. The smallest absolute Gasteiger partial charge is 0.321 e. The van der Waals surface area contributed by atoms with Gasteiger partial charge in [0, 0.05) is 0 Å². The highest BCUT2D eigenvalue weighted by molar-refractivity contribution is 5.92. The number of esters is 2. The third-order valence-electron chi connectivity index (χ3n) is 9.87. The first-order valence-corrected chi connectivity index (χ1v) is 20.0. The van der Waals surface area contributed by atoms with E-state index in [1.807, 2.05) is 60.7 Å². The quantitative estimate of drug-likeness (QED) is 0.0482. The summed E-state index contributed by atoms with van der Waals surface area (Å²) >= 11 is 0. The second-order valence-corrected chi connectivity index (χ2v) is 14.0. The number of ether oxygens (including phenoxy) is 1. The largest absolute Gasteiger partial charge is 0.392 e. The minimum Gasteiger partial charge on any atom is -0.392 e. The van der Waals surface area contributed by atoms with Gasteiger partial charge in [-0.05, 0) is 24.0 Å². The third-order valence-corrected chi connectivity index (χ3v) is 9.87. The standard InChI is InChI=1S/C44H70O3/c1-3-5-7-9-11-13-15-17-19-21-23-31-37-41(39-33-27-25-28-34-39)43(45)47-44(46)42(40-35-29-26-30-36-40)38-32-24-22-20-18-16-14-12-10-8-6-4-2/h25-30,33-36,41-42H,3-24,31-32,37-38H2,1-2H3. The van der Waals surface area contributed by atoms with Crippen molar-refractivity contribution in [2.45, 2.75) is 193 Å². The van der Waals surface area contributed by atoms with E-state index in [0.29, 0.717) is 0 Å². The van der Waals surface area contributed by atoms with Crippen molar-refractivity contribution < 1.29 is 14.3 Å². The van der Waals surface area contributed by atoms with Gasteiger partial charge in [0.2, 0.25) is 0 Å². The van der Waals surface area contributed by atoms with Crippen LogP contribution in [0.2, 0.25) is 0 Å². The van der Waals surface area contributed by atoms with Crippen LogP contribution in [0.4, 0.5) is 0 Å². The Bertz CT molecular complexity index is 920. The fourth-order valence-electron chi connectivity index (χ4n) is 6.83. The summed E-state index contributed by atoms with van der Waals surface area (Å²) in [5.41, 5.74) is 1.90. The Hall–Kier alpha value is -2.42. The van der Waals surface area contributed by atoms with Crippen LogP contribution in [-0.2, 0) is 14.3 Å². The van der Waals surface area contributed by atoms with Crippen LogP contribution in [0.1, 0.15) is 204 Å². The lowest BCUT2D eigenvalue weighted by molar-refractivity contribution is -0.162. The van der Waals surface area contributed by atoms with Crippen LogP contribution in [0.15, 0.2) is 60.7 Å². The Morgan fingerprint density at radius 1 is 0.404 bits per heavy atom. The molecule has 0 saturated heterocycles. The van der Waals surface area contributed by atoms with E-state index in [2.05, 4.69) is 13.8 Å². The van der Waals surface area contributed by atoms with Gasteiger partial charge in [0.15, 0.2) is 0 Å². The molecule has 0 spiro atoms. The Kier molecular flexibility index (Phi) is 24.8. The lowest BCUT2D eigenvalue weighted by Crippen LogP contribution is -2.24. The molecule has 0 aliphatic rings. The van der Waals surface area contributed by atoms with Crippen LogP contribution in [-0.4, -0.2) is 11.9 Å². The zero-order chi connectivity index (χ0) is 33.6. The second kappa shape index (κ2) is 28.6. The lowest BCUT2D eigenvalue weighted by Gasteiger charge is -2.19. The van der Waals surface area contributed by atoms with Gasteiger partial charge in [-0.1, -0.05) is 229 Å². The number of unbranched alkanes of at least 4 members (excludes halogenated alkanes) is 22. The minimum atomic E-state index is -0.397. The van der Waals surface area contributed by atoms with Crippen molar-refractivity contribution in [2.75, 3.05) is 0 Å². The van der Waals surface area contributed by atoms with E-state index in [0.717, 1.165) is 49.7 Å². The van der Waals surface area contributed by atoms with Gasteiger partial charge in [-0.25, -0.2) is 0 Å². The molecule has 264 valence electrons. The highest BCUT2D eigenvalue weighted by Gasteiger charge is 2.29. The minimum absolute atomic E-state index is 0.389. The lowest BCUT2D eigenvalue weighted by atomic mass is 9.91. The van der Waals surface area contributed by atoms with Crippen molar-refractivity contribution in [1.82, 2.24) is 0 Å². The Morgan fingerprint density at radius 3 is 0.936 bits per heavy atom. The predicted molar refractivity (Wildman–Crippen MR) is 201 cm³/mol. The zero-order valence-electron chi connectivity index (χ0n) is 30.5. The first kappa shape index (κ1) is 40.8. The molecule has 2 rings (SSSR count). The maximum Gasteiger partial charge on any atom is 0.321 e. The topological polar surface area (TPSA) is 43.4 Å². The van der Waals surface area contributed by atoms with Crippen LogP contribution < -0.4 is 0 Å². The van der Waals surface area contributed by atoms with E-state index in [9.17, 15) is 9.59 Å². The molecule has 2 aromatic carbocycles. The highest BCUT2D eigenvalue weighted by Crippen LogP contribution is 2.29. The number of rotatable bonds is 30. The van der Waals surface area contributed by atoms with Gasteiger partial charge < -0.3 is 4.74 Å². The molecule has 2 aromatic rings. The Morgan fingerprint density at radius 2 is 0.660 bits per heavy atom. The molecule has 2 atom stereocenters. The van der Waals surface area contributed by atoms with Gasteiger partial charge in [0.05, 0.1) is 11.8 Å². The summed E-state index contributed by atoms with van der Waals surface area (Å²) in [5.74, 6) is -1.57. The SMILES string of the molecule is CCCCCCCCCCCCCCC(C(=O)OC(=O)C(CCCCCCCCCCCCCC)c1ccccc1)c1ccccc1. The monoisotopic (exact) mass is 647 g/mol. The molecule has 2 unspecified atom stereocenters. The number of hydrogen-bond donors (Lipinski definition) is 0. The first-order valence-electron chi connectivity index (χ1n) is 20.0. The summed E-state index contributed by atoms with van der Waals surface area (Å²) in [6, 6.07) is 19.8. The summed E-state index contributed by atoms with van der Waals surface area (Å²) in [6.07, 6.45) is 32.3. The number of hydrogen-bond acceptors (Lipinski definition) is 3. The third kappa shape index (κ3) is 19.9. The maximum atomic E-state index is 13.6. The summed E-state index contributed by atoms with van der Waals surface area (Å²) in [5, 5.41) is 0. The first-order chi connectivity index (χ1) is 23.2. The summed E-state index contributed by atoms with van der Waals surface area (Å²) < 4.78 is 5.72. The molecule has 0 aromatic heterocycles. The number of carbonyl (C=O) groups excluding carboxylic acids is 2. The van der Waals surface area contributed by atoms with E-state index >= 15 is 0 Å². The fraction of sp³-hybridized carbons (Fsp3) is 0.682. The summed E-state index contributed by atoms with van der Waals surface area (Å²) in [6.45, 7) is 4.54. The normalized spacial score (nSPS) is 12.6. The zero-order valence-corrected chi connectivity index (χ0v) is 30.5. The molecule has 0 fully saturated rings. The van der Waals surface area contributed by atoms with Crippen molar-refractivity contribution >= 4 is 11.9 Å². The molecule has 0 saturated carbocycles. The number of benzene rings is 2. The van der Waals surface area contributed by atoms with Gasteiger partial charge in [-0.2, -0.15) is 0 Å². The molecule has 0 bridgehead atoms. The molecule has 0 aliphatic carbocycles. The Labute approximate surface area is 290 Å². The van der Waals surface area contributed by atoms with Gasteiger partial charge in [-0.3, -0.25) is 9.59 Å². The van der Waals surface area contributed by atoms with Crippen molar-refractivity contribution in [3.8, 4) is 0 Å². The molecule has 0 amide bonds. The summed E-state index contributed by atoms with van der Waals surface area (Å²) in [7, 11) is 0. The Balaban J connectivity index is 1.78. The van der Waals surface area contributed by atoms with Crippen molar-refractivity contribution in [2.24, 2.45) is 0 Å². The van der Waals surface area contributed by atoms with Gasteiger partial charge in [0.25, 0.3) is 0 Å². The average molecular weight is 647 g/mol. The molecular weight excluding hydrogens is 576 g/mol. The van der Waals surface area contributed by atoms with E-state index in [4.69, 9.17) is 4.74 Å². The fourth-order valence-corrected chi connectivity index (χ4v) is 6.83. The van der Waals surface area contributed by atoms with Crippen molar-refractivity contribution in [1.29, 1.82) is 0 Å². The maximum absolute atomic E-state index is 13.6. The highest BCUT2D eigenvalue weighted by atomic mass is 16.6. The molecule has 3 nitrogen and oxygen atoms in total. The second-order valence-electron chi connectivity index (χ2n) is 14.0. The van der Waals surface area contributed by atoms with Crippen LogP contribution in [0, 0.1) is 0 Å². The molecule has 0 N–H and O–H groups in total. The average Bonchev–Trinajstić information content (AvgIpc) is 3.09. The van der Waals surface area contributed by atoms with Crippen LogP contribution in [0.25, 0.3) is 0 Å². The van der Waals surface area contributed by atoms with Crippen LogP contribution in [0.5, 0.6) is 0 Å². The molecule has 47 heavy (non-hydrogen) atoms. The van der Waals surface area contributed by atoms with Gasteiger partial charge in [-0.15, -0.1) is 0 Å². The van der Waals surface area contributed by atoms with E-state index in [1.165, 1.54) is 128 Å². The predicted octanol–water partition coefficient (Wildman–Crippen LogP) is 13.8. The molecular formula is C44H70O3. The van der Waals surface area contributed by atoms with E-state index in [-0.39, 0.29) is 11.9 Å². The van der Waals surface area contributed by atoms with Gasteiger partial charge in [0.1, 0.15) is 0 Å². The van der Waals surface area contributed by atoms with Crippen molar-refractivity contribution in [3.63, 3.8) is 0 Å². The van der Waals surface area contributed by atoms with Crippen molar-refractivity contribution in [3.05, 3.63) is 71.8 Å². The van der Waals surface area contributed by atoms with Crippen LogP contribution in [0.3, 0.4) is 0 Å². The molecule has 0 aliphatic heterocycles. The van der Waals surface area contributed by atoms with E-state index in [1.54, 1.807) is 0 Å².